The van der Waals surface area contributed by atoms with Crippen molar-refractivity contribution < 1.29 is 148 Å². The number of aliphatic carboxylic acids is 2. The molecule has 0 aliphatic heterocycles. The summed E-state index contributed by atoms with van der Waals surface area (Å²) in [6.07, 6.45) is 17.0. The molecule has 0 aromatic rings. The summed E-state index contributed by atoms with van der Waals surface area (Å²) in [5, 5.41) is 33.7. The molecule has 0 aromatic carbocycles. The number of carbonyl (C=O) groups is 16. The van der Waals surface area contributed by atoms with Gasteiger partial charge in [0.2, 0.25) is 35.4 Å². The van der Waals surface area contributed by atoms with Crippen LogP contribution in [0.3, 0.4) is 0 Å². The average Bonchev–Trinajstić information content (AvgIpc) is 0.926. The van der Waals surface area contributed by atoms with Gasteiger partial charge in [-0.1, -0.05) is 109 Å². The van der Waals surface area contributed by atoms with E-state index in [-0.39, 0.29) is 241 Å². The van der Waals surface area contributed by atoms with Crippen molar-refractivity contribution >= 4 is 96.1 Å². The predicted molar refractivity (Wildman–Crippen MR) is 556 cm³/mol. The summed E-state index contributed by atoms with van der Waals surface area (Å²) in [5.74, 6) is -3.33. The van der Waals surface area contributed by atoms with E-state index in [1.54, 1.807) is 29.4 Å². The van der Waals surface area contributed by atoms with Crippen LogP contribution < -0.4 is 43.4 Å². The number of hydrogen-bond donors (Lipinski definition) is 10. The second-order valence-electron chi connectivity index (χ2n) is 34.0. The molecule has 0 fully saturated rings. The molecule has 0 aromatic heterocycles. The van der Waals surface area contributed by atoms with Crippen LogP contribution in [0, 0.1) is 0 Å². The summed E-state index contributed by atoms with van der Waals surface area (Å²) in [7, 11) is 0. The number of nitrogens with one attached hydrogen (secondary N) is 6. The molecule has 14 amide bonds. The number of carboxylic acid groups (broad SMARTS) is 2. The van der Waals surface area contributed by atoms with E-state index in [2.05, 4.69) is 31.9 Å². The number of hydrogen-bond acceptors (Lipinski definition) is 30. The first kappa shape index (κ1) is 145. The Balaban J connectivity index is -0.000000643. The quantitative estimate of drug-likeness (QED) is 0.0200. The lowest BCUT2D eigenvalue weighted by Crippen LogP contribution is -2.43. The highest BCUT2D eigenvalue weighted by Crippen LogP contribution is 2.10. The topological polar surface area (TPSA) is 574 Å². The third-order valence-corrected chi connectivity index (χ3v) is 20.6. The van der Waals surface area contributed by atoms with Crippen molar-refractivity contribution in [1.29, 1.82) is 0 Å². The van der Waals surface area contributed by atoms with E-state index in [1.165, 1.54) is 9.80 Å². The molecule has 0 saturated heterocycles. The van der Waals surface area contributed by atoms with Crippen LogP contribution in [-0.2, 0) is 95.2 Å². The van der Waals surface area contributed by atoms with Crippen LogP contribution in [0.2, 0.25) is 0 Å². The van der Waals surface area contributed by atoms with Gasteiger partial charge in [0.05, 0.1) is 65.7 Å². The molecular formula is C100H193FN16O30. The number of carboxylic acids is 2. The molecule has 0 rings (SSSR count). The van der Waals surface area contributed by atoms with Gasteiger partial charge < -0.3 is 150 Å². The largest absolute Gasteiger partial charge is 0.481 e. The summed E-state index contributed by atoms with van der Waals surface area (Å²) in [6.45, 7) is 38.5. The fourth-order valence-corrected chi connectivity index (χ4v) is 13.4. The van der Waals surface area contributed by atoms with Crippen LogP contribution in [-0.4, -0.2) is 408 Å². The zero-order chi connectivity index (χ0) is 109. The zero-order valence-corrected chi connectivity index (χ0v) is 91.4. The summed E-state index contributed by atoms with van der Waals surface area (Å²) in [4.78, 5) is 203. The Morgan fingerprint density at radius 1 is 0.190 bits per heavy atom. The fourth-order valence-electron chi connectivity index (χ4n) is 13.4. The zero-order valence-electron chi connectivity index (χ0n) is 91.4. The number of nitrogens with two attached hydrogens (primary N) is 2. The van der Waals surface area contributed by atoms with E-state index in [0.29, 0.717) is 183 Å². The molecule has 47 heteroatoms. The Morgan fingerprint density at radius 2 is 0.340 bits per heavy atom. The Hall–Kier alpha value is -10.4. The van der Waals surface area contributed by atoms with Gasteiger partial charge in [-0.15, -0.1) is 0 Å². The highest BCUT2D eigenvalue weighted by Gasteiger charge is 2.23. The van der Waals surface area contributed by atoms with E-state index >= 15 is 0 Å². The van der Waals surface area contributed by atoms with Crippen LogP contribution >= 0.6 is 0 Å². The third kappa shape index (κ3) is 92.7. The monoisotopic (exact) mass is 2120 g/mol. The highest BCUT2D eigenvalue weighted by molar-refractivity contribution is 5.82. The van der Waals surface area contributed by atoms with Crippen molar-refractivity contribution in [2.24, 2.45) is 11.5 Å². The molecule has 0 radical (unpaired) electrons. The van der Waals surface area contributed by atoms with Crippen LogP contribution in [0.25, 0.3) is 0 Å². The van der Waals surface area contributed by atoms with E-state index in [1.807, 2.05) is 83.1 Å². The molecule has 0 aliphatic rings. The minimum Gasteiger partial charge on any atom is -0.481 e. The van der Waals surface area contributed by atoms with E-state index in [4.69, 9.17) is 78.5 Å². The van der Waals surface area contributed by atoms with Crippen molar-refractivity contribution in [3.63, 3.8) is 0 Å². The van der Waals surface area contributed by atoms with Crippen molar-refractivity contribution in [2.75, 3.05) is 263 Å². The first-order valence-corrected chi connectivity index (χ1v) is 53.6. The van der Waals surface area contributed by atoms with Crippen LogP contribution in [0.4, 0.5) is 43.1 Å². The lowest BCUT2D eigenvalue weighted by molar-refractivity contribution is -0.139. The number of ether oxygens (including phenoxy) is 12. The smallest absolute Gasteiger partial charge is 0.409 e. The Kier molecular flexibility index (Phi) is 105. The van der Waals surface area contributed by atoms with Gasteiger partial charge in [0.15, 0.2) is 0 Å². The van der Waals surface area contributed by atoms with Gasteiger partial charge in [-0.05, 0) is 142 Å². The maximum Gasteiger partial charge on any atom is 0.409 e. The van der Waals surface area contributed by atoms with Crippen LogP contribution in [0.1, 0.15) is 289 Å². The van der Waals surface area contributed by atoms with E-state index < -0.39 is 30.2 Å². The van der Waals surface area contributed by atoms with Gasteiger partial charge in [0.1, 0.15) is 52.9 Å². The molecule has 0 aliphatic carbocycles. The number of halogens is 1. The second kappa shape index (κ2) is 107. The fraction of sp³-hybridized carbons (Fsp3) is 0.840. The predicted octanol–water partition coefficient (Wildman–Crippen LogP) is 11.2. The van der Waals surface area contributed by atoms with E-state index in [0.717, 1.165) is 116 Å². The van der Waals surface area contributed by atoms with Crippen LogP contribution in [0.5, 0.6) is 0 Å². The lowest BCUT2D eigenvalue weighted by Gasteiger charge is -2.23. The molecule has 0 atom stereocenters. The number of rotatable bonds is 88. The maximum absolute atomic E-state index is 12.9. The summed E-state index contributed by atoms with van der Waals surface area (Å²) >= 11 is 0. The SMILES string of the molecule is CCCN(CCC)C(=O)OCCOCCOC(=O)N(CCC)CCC.CCCN(CCC)C(=O)OCCOCCOC(=O)N(CCC)CCC.CCCN(CCC)C(=O)OCCOCCOC(=O)N(CCNC(=O)CCCCCN)CCNC(=O)CCCCCN.CCCN(CCC)C(=O)OCCOCCOC(=O)N(CCNC(=O)CCCCCNC(=O)CCC(=O)O)CCNC(=O)CCCCCNC(=O)CCC(=O)O.F. The molecule has 12 N–H and O–H groups in total. The molecule has 46 nitrogen and oxygen atoms in total. The third-order valence-electron chi connectivity index (χ3n) is 20.6. The minimum absolute atomic E-state index is 0. The molecule has 860 valence electrons. The van der Waals surface area contributed by atoms with Gasteiger partial charge in [-0.25, -0.2) is 38.4 Å². The summed E-state index contributed by atoms with van der Waals surface area (Å²) in [6, 6.07) is 0. The molecule has 0 spiro atoms. The standard InChI is InChI=1S/C36H64N6O13.C28H56N6O7.2C18H36N2O5.FH/c1-3-21-41(22-4-2)35(51)54-27-25-53-26-28-55-36(52)42(23-19-39-29(43)11-7-5-9-17-37-31(45)13-15-33(47)48)24-20-40-30(44)12-8-6-10-18-38-32(46)14-16-34(49)50;1-3-17-33(18-4-2)27(37)40-23-21-39-22-24-41-28(38)34(19-15-31-25(35)11-7-5-9-13-29)20-16-32-26(36)12-8-6-10-14-30;2*1-5-9-19(10-6-2)17(21)24-15-13-23-14-16-25-18(22)20(11-7-3)12-8-4;/h3-28H2,1-2H3,(H,37,45)(H,38,46)(H,39,43)(H,40,44)(H,47,48)(H,49,50);3-24,29-30H2,1-2H3,(H,31,35)(H,32,36);2*5-16H2,1-4H3;1H. The van der Waals surface area contributed by atoms with Crippen molar-refractivity contribution in [3.05, 3.63) is 0 Å². The number of nitrogens with zero attached hydrogens (tertiary/aromatic N) is 8. The first-order chi connectivity index (χ1) is 70.5. The Labute approximate surface area is 874 Å². The second-order valence-corrected chi connectivity index (χ2v) is 34.0. The normalized spacial score (nSPS) is 10.4. The molecule has 0 bridgehead atoms. The van der Waals surface area contributed by atoms with Crippen molar-refractivity contribution in [3.8, 4) is 0 Å². The highest BCUT2D eigenvalue weighted by atomic mass is 19.0. The van der Waals surface area contributed by atoms with Gasteiger partial charge >= 0.3 is 60.7 Å². The number of unbranched alkanes of at least 4 members (excludes halogenated alkanes) is 8. The lowest BCUT2D eigenvalue weighted by atomic mass is 10.2. The van der Waals surface area contributed by atoms with Crippen LogP contribution in [0.15, 0.2) is 0 Å². The molecule has 0 unspecified atom stereocenters. The van der Waals surface area contributed by atoms with Gasteiger partial charge in [0, 0.05) is 183 Å². The Morgan fingerprint density at radius 3 is 0.497 bits per heavy atom. The summed E-state index contributed by atoms with van der Waals surface area (Å²) < 4.78 is 63.4. The van der Waals surface area contributed by atoms with Crippen molar-refractivity contribution in [1.82, 2.24) is 71.1 Å². The van der Waals surface area contributed by atoms with E-state index in [9.17, 15) is 76.7 Å². The number of amides is 14. The average molecular weight is 2120 g/mol. The molecule has 0 saturated carbocycles. The summed E-state index contributed by atoms with van der Waals surface area (Å²) in [5.41, 5.74) is 11.0. The van der Waals surface area contributed by atoms with Gasteiger partial charge in [0.25, 0.3) is 0 Å². The molecule has 0 heterocycles. The molecule has 147 heavy (non-hydrogen) atoms. The van der Waals surface area contributed by atoms with Gasteiger partial charge in [-0.2, -0.15) is 0 Å². The molecular weight excluding hydrogens is 1920 g/mol. The Bertz CT molecular complexity index is 3100. The first-order valence-electron chi connectivity index (χ1n) is 53.6. The maximum atomic E-state index is 12.9. The van der Waals surface area contributed by atoms with Gasteiger partial charge in [-0.3, -0.25) is 43.1 Å². The number of carbonyl (C=O) groups excluding carboxylic acids is 14. The minimum atomic E-state index is -1.04. The van der Waals surface area contributed by atoms with Crippen molar-refractivity contribution in [2.45, 2.75) is 289 Å².